The lowest BCUT2D eigenvalue weighted by Crippen LogP contribution is -2.39. The van der Waals surface area contributed by atoms with Crippen molar-refractivity contribution in [2.45, 2.75) is 18.8 Å². The van der Waals surface area contributed by atoms with Crippen molar-refractivity contribution in [3.63, 3.8) is 0 Å². The third-order valence-corrected chi connectivity index (χ3v) is 4.42. The fourth-order valence-corrected chi connectivity index (χ4v) is 3.14. The summed E-state index contributed by atoms with van der Waals surface area (Å²) in [6.45, 7) is 1.28. The second kappa shape index (κ2) is 5.88. The van der Waals surface area contributed by atoms with Crippen LogP contribution in [0.25, 0.3) is 5.65 Å². The Balaban J connectivity index is 1.49. The van der Waals surface area contributed by atoms with Crippen LogP contribution in [0.2, 0.25) is 0 Å². The van der Waals surface area contributed by atoms with Crippen molar-refractivity contribution in [3.8, 4) is 0 Å². The highest BCUT2D eigenvalue weighted by atomic mass is 16.2. The molecule has 0 unspecified atom stereocenters. The SMILES string of the molecule is Nc1nccnc1C(=O)N1CCC(c2nnc3ccccn23)CC1. The normalized spacial score (nSPS) is 15.8. The summed E-state index contributed by atoms with van der Waals surface area (Å²) in [5, 5.41) is 8.53. The number of nitrogens with two attached hydrogens (primary N) is 1. The van der Waals surface area contributed by atoms with Crippen LogP contribution in [-0.2, 0) is 0 Å². The first-order valence-electron chi connectivity index (χ1n) is 7.89. The number of piperidine rings is 1. The van der Waals surface area contributed by atoms with Gasteiger partial charge in [-0.05, 0) is 25.0 Å². The van der Waals surface area contributed by atoms with E-state index >= 15 is 0 Å². The Hall–Kier alpha value is -3.03. The highest BCUT2D eigenvalue weighted by Crippen LogP contribution is 2.27. The standard InChI is InChI=1S/C16H17N7O/c17-14-13(18-6-7-19-14)16(24)22-9-4-11(5-10-22)15-21-20-12-3-1-2-8-23(12)15/h1-3,6-8,11H,4-5,9-10H2,(H2,17,19). The van der Waals surface area contributed by atoms with Gasteiger partial charge in [0.2, 0.25) is 0 Å². The molecule has 8 heteroatoms. The van der Waals surface area contributed by atoms with Crippen LogP contribution < -0.4 is 5.73 Å². The molecular formula is C16H17N7O. The van der Waals surface area contributed by atoms with Gasteiger partial charge in [-0.3, -0.25) is 9.20 Å². The summed E-state index contributed by atoms with van der Waals surface area (Å²) in [5.74, 6) is 1.25. The number of nitrogens with zero attached hydrogens (tertiary/aromatic N) is 6. The molecule has 0 radical (unpaired) electrons. The molecule has 4 rings (SSSR count). The largest absolute Gasteiger partial charge is 0.382 e. The van der Waals surface area contributed by atoms with Crippen molar-refractivity contribution in [2.75, 3.05) is 18.8 Å². The van der Waals surface area contributed by atoms with E-state index in [4.69, 9.17) is 5.73 Å². The number of hydrogen-bond donors (Lipinski definition) is 1. The van der Waals surface area contributed by atoms with Gasteiger partial charge in [0.15, 0.2) is 17.2 Å². The molecule has 0 atom stereocenters. The van der Waals surface area contributed by atoms with E-state index in [0.717, 1.165) is 24.3 Å². The molecule has 3 aromatic heterocycles. The number of rotatable bonds is 2. The van der Waals surface area contributed by atoms with Crippen LogP contribution >= 0.6 is 0 Å². The number of likely N-dealkylation sites (tertiary alicyclic amines) is 1. The number of carbonyl (C=O) groups excluding carboxylic acids is 1. The third-order valence-electron chi connectivity index (χ3n) is 4.42. The van der Waals surface area contributed by atoms with Crippen molar-refractivity contribution in [1.29, 1.82) is 0 Å². The molecule has 1 aliphatic heterocycles. The fourth-order valence-electron chi connectivity index (χ4n) is 3.14. The maximum absolute atomic E-state index is 12.5. The number of fused-ring (bicyclic) bond motifs is 1. The van der Waals surface area contributed by atoms with Gasteiger partial charge in [0.1, 0.15) is 5.82 Å². The van der Waals surface area contributed by atoms with Crippen LogP contribution in [0.4, 0.5) is 5.82 Å². The molecule has 0 saturated carbocycles. The number of nitrogen functional groups attached to an aromatic ring is 1. The van der Waals surface area contributed by atoms with Crippen LogP contribution in [0.3, 0.4) is 0 Å². The third kappa shape index (κ3) is 2.45. The van der Waals surface area contributed by atoms with E-state index in [1.165, 1.54) is 12.4 Å². The predicted molar refractivity (Wildman–Crippen MR) is 87.3 cm³/mol. The van der Waals surface area contributed by atoms with Gasteiger partial charge in [-0.15, -0.1) is 10.2 Å². The summed E-state index contributed by atoms with van der Waals surface area (Å²) in [6.07, 6.45) is 6.61. The molecule has 2 N–H and O–H groups in total. The number of pyridine rings is 1. The zero-order valence-electron chi connectivity index (χ0n) is 13.0. The Labute approximate surface area is 138 Å². The predicted octanol–water partition coefficient (Wildman–Crippen LogP) is 1.12. The van der Waals surface area contributed by atoms with E-state index in [-0.39, 0.29) is 23.3 Å². The van der Waals surface area contributed by atoms with Crippen LogP contribution in [0, 0.1) is 0 Å². The molecule has 0 spiro atoms. The van der Waals surface area contributed by atoms with E-state index in [1.807, 2.05) is 28.8 Å². The maximum atomic E-state index is 12.5. The topological polar surface area (TPSA) is 102 Å². The Kier molecular flexibility index (Phi) is 3.56. The van der Waals surface area contributed by atoms with Gasteiger partial charge in [0.25, 0.3) is 5.91 Å². The zero-order valence-corrected chi connectivity index (χ0v) is 13.0. The number of anilines is 1. The lowest BCUT2D eigenvalue weighted by atomic mass is 9.95. The highest BCUT2D eigenvalue weighted by Gasteiger charge is 2.28. The van der Waals surface area contributed by atoms with Crippen LogP contribution in [-0.4, -0.2) is 48.5 Å². The summed E-state index contributed by atoms with van der Waals surface area (Å²) in [6, 6.07) is 5.85. The molecule has 1 fully saturated rings. The molecule has 3 aromatic rings. The van der Waals surface area contributed by atoms with E-state index in [2.05, 4.69) is 20.2 Å². The fraction of sp³-hybridized carbons (Fsp3) is 0.312. The Morgan fingerprint density at radius 2 is 1.92 bits per heavy atom. The van der Waals surface area contributed by atoms with Crippen LogP contribution in [0.1, 0.15) is 35.1 Å². The van der Waals surface area contributed by atoms with Gasteiger partial charge >= 0.3 is 0 Å². The maximum Gasteiger partial charge on any atom is 0.276 e. The number of carbonyl (C=O) groups is 1. The van der Waals surface area contributed by atoms with Crippen molar-refractivity contribution < 1.29 is 4.79 Å². The molecule has 24 heavy (non-hydrogen) atoms. The summed E-state index contributed by atoms with van der Waals surface area (Å²) in [5.41, 5.74) is 6.82. The summed E-state index contributed by atoms with van der Waals surface area (Å²) >= 11 is 0. The zero-order chi connectivity index (χ0) is 16.5. The molecule has 1 aliphatic rings. The molecule has 1 amide bonds. The van der Waals surface area contributed by atoms with Gasteiger partial charge in [-0.25, -0.2) is 9.97 Å². The Bertz CT molecular complexity index is 883. The molecule has 122 valence electrons. The van der Waals surface area contributed by atoms with Gasteiger partial charge in [-0.2, -0.15) is 0 Å². The Morgan fingerprint density at radius 3 is 2.71 bits per heavy atom. The van der Waals surface area contributed by atoms with E-state index in [0.29, 0.717) is 13.1 Å². The van der Waals surface area contributed by atoms with Crippen LogP contribution in [0.15, 0.2) is 36.8 Å². The van der Waals surface area contributed by atoms with E-state index in [1.54, 1.807) is 4.90 Å². The van der Waals surface area contributed by atoms with Crippen molar-refractivity contribution in [3.05, 3.63) is 48.3 Å². The minimum absolute atomic E-state index is 0.162. The molecule has 8 nitrogen and oxygen atoms in total. The molecule has 0 aromatic carbocycles. The van der Waals surface area contributed by atoms with Gasteiger partial charge in [0, 0.05) is 37.6 Å². The molecular weight excluding hydrogens is 306 g/mol. The number of hydrogen-bond acceptors (Lipinski definition) is 6. The first-order valence-corrected chi connectivity index (χ1v) is 7.89. The average molecular weight is 323 g/mol. The minimum atomic E-state index is -0.162. The van der Waals surface area contributed by atoms with Crippen molar-refractivity contribution in [1.82, 2.24) is 29.5 Å². The molecule has 0 bridgehead atoms. The highest BCUT2D eigenvalue weighted by molar-refractivity contribution is 5.96. The van der Waals surface area contributed by atoms with Crippen LogP contribution in [0.5, 0.6) is 0 Å². The lowest BCUT2D eigenvalue weighted by Gasteiger charge is -2.31. The van der Waals surface area contributed by atoms with E-state index < -0.39 is 0 Å². The first kappa shape index (κ1) is 14.6. The average Bonchev–Trinajstić information content (AvgIpc) is 3.06. The second-order valence-corrected chi connectivity index (χ2v) is 5.84. The monoisotopic (exact) mass is 323 g/mol. The van der Waals surface area contributed by atoms with Gasteiger partial charge < -0.3 is 10.6 Å². The Morgan fingerprint density at radius 1 is 1.12 bits per heavy atom. The first-order chi connectivity index (χ1) is 11.7. The smallest absolute Gasteiger partial charge is 0.276 e. The van der Waals surface area contributed by atoms with Gasteiger partial charge in [0.05, 0.1) is 0 Å². The lowest BCUT2D eigenvalue weighted by molar-refractivity contribution is 0.0705. The molecule has 4 heterocycles. The number of amides is 1. The summed E-state index contributed by atoms with van der Waals surface area (Å²) < 4.78 is 2.02. The van der Waals surface area contributed by atoms with Gasteiger partial charge in [-0.1, -0.05) is 6.07 Å². The van der Waals surface area contributed by atoms with E-state index in [9.17, 15) is 4.79 Å². The van der Waals surface area contributed by atoms with Crippen molar-refractivity contribution in [2.24, 2.45) is 0 Å². The summed E-state index contributed by atoms with van der Waals surface area (Å²) in [7, 11) is 0. The minimum Gasteiger partial charge on any atom is -0.382 e. The quantitative estimate of drug-likeness (QED) is 0.758. The second-order valence-electron chi connectivity index (χ2n) is 5.84. The molecule has 0 aliphatic carbocycles. The van der Waals surface area contributed by atoms with Crippen molar-refractivity contribution >= 4 is 17.4 Å². The number of aromatic nitrogens is 5. The summed E-state index contributed by atoms with van der Waals surface area (Å²) in [4.78, 5) is 22.3. The molecule has 1 saturated heterocycles.